The largest absolute Gasteiger partial charge is 0.237 e. The van der Waals surface area contributed by atoms with E-state index in [0.29, 0.717) is 5.82 Å². The van der Waals surface area contributed by atoms with Crippen molar-refractivity contribution < 1.29 is 0 Å². The topological polar surface area (TPSA) is 25.2 Å². The van der Waals surface area contributed by atoms with Gasteiger partial charge in [-0.3, -0.25) is 0 Å². The smallest absolute Gasteiger partial charge is 0.151 e. The van der Waals surface area contributed by atoms with Gasteiger partial charge in [0.05, 0.1) is 0 Å². The number of aliphatic imine (C=N–C) groups is 1. The second-order valence-electron chi connectivity index (χ2n) is 3.51. The number of nitrogens with zero attached hydrogens (tertiary/aromatic N) is 2. The molecule has 1 heterocycles. The maximum absolute atomic E-state index is 4.30. The Morgan fingerprint density at radius 2 is 2.12 bits per heavy atom. The van der Waals surface area contributed by atoms with Crippen LogP contribution in [0.25, 0.3) is 0 Å². The molecule has 1 aromatic carbocycles. The van der Waals surface area contributed by atoms with E-state index in [1.165, 1.54) is 5.56 Å². The van der Waals surface area contributed by atoms with Crippen LogP contribution in [-0.4, -0.2) is 11.2 Å². The third-order valence-electron chi connectivity index (χ3n) is 2.10. The first-order chi connectivity index (χ1) is 7.74. The zero-order valence-electron chi connectivity index (χ0n) is 8.89. The molecule has 0 radical (unpaired) electrons. The zero-order valence-corrected chi connectivity index (χ0v) is 10.5. The van der Waals surface area contributed by atoms with Gasteiger partial charge in [-0.05, 0) is 40.5 Å². The van der Waals surface area contributed by atoms with Crippen LogP contribution in [0, 0.1) is 6.92 Å². The van der Waals surface area contributed by atoms with E-state index in [-0.39, 0.29) is 0 Å². The van der Waals surface area contributed by atoms with Gasteiger partial charge < -0.3 is 0 Å². The normalized spacial score (nSPS) is 10.9. The molecule has 0 unspecified atom stereocenters. The molecular formula is C13H11BrN2. The molecule has 0 N–H and O–H groups in total. The average Bonchev–Trinajstić information content (AvgIpc) is 2.28. The summed E-state index contributed by atoms with van der Waals surface area (Å²) >= 11 is 3.34. The predicted molar refractivity (Wildman–Crippen MR) is 70.4 cm³/mol. The summed E-state index contributed by atoms with van der Waals surface area (Å²) in [7, 11) is 0. The second kappa shape index (κ2) is 5.03. The first-order valence-electron chi connectivity index (χ1n) is 4.96. The van der Waals surface area contributed by atoms with Gasteiger partial charge in [0, 0.05) is 16.9 Å². The van der Waals surface area contributed by atoms with Gasteiger partial charge in [0.1, 0.15) is 0 Å². The molecule has 0 atom stereocenters. The van der Waals surface area contributed by atoms with Gasteiger partial charge in [0.25, 0.3) is 0 Å². The Kier molecular flexibility index (Phi) is 3.47. The highest BCUT2D eigenvalue weighted by atomic mass is 79.9. The van der Waals surface area contributed by atoms with E-state index in [2.05, 4.69) is 45.0 Å². The Morgan fingerprint density at radius 3 is 2.81 bits per heavy atom. The maximum atomic E-state index is 4.30. The Balaban J connectivity index is 2.18. The summed E-state index contributed by atoms with van der Waals surface area (Å²) in [6.45, 7) is 2.06. The van der Waals surface area contributed by atoms with Crippen LogP contribution in [0.3, 0.4) is 0 Å². The van der Waals surface area contributed by atoms with E-state index in [9.17, 15) is 0 Å². The van der Waals surface area contributed by atoms with Crippen LogP contribution >= 0.6 is 15.9 Å². The number of rotatable bonds is 2. The minimum absolute atomic E-state index is 0.713. The van der Waals surface area contributed by atoms with Gasteiger partial charge in [-0.1, -0.05) is 29.8 Å². The van der Waals surface area contributed by atoms with E-state index in [0.717, 1.165) is 10.0 Å². The number of hydrogen-bond donors (Lipinski definition) is 0. The Labute approximate surface area is 103 Å². The van der Waals surface area contributed by atoms with Crippen molar-refractivity contribution in [1.29, 1.82) is 0 Å². The van der Waals surface area contributed by atoms with Gasteiger partial charge in [0.15, 0.2) is 5.82 Å². The summed E-state index contributed by atoms with van der Waals surface area (Å²) in [6.07, 6.45) is 3.56. The lowest BCUT2D eigenvalue weighted by Crippen LogP contribution is -1.82. The Morgan fingerprint density at radius 1 is 1.25 bits per heavy atom. The fourth-order valence-electron chi connectivity index (χ4n) is 1.34. The molecule has 0 amide bonds. The van der Waals surface area contributed by atoms with E-state index < -0.39 is 0 Å². The number of aromatic nitrogens is 1. The van der Waals surface area contributed by atoms with E-state index in [4.69, 9.17) is 0 Å². The monoisotopic (exact) mass is 274 g/mol. The molecule has 0 aliphatic heterocycles. The molecule has 80 valence electrons. The molecule has 0 aliphatic rings. The quantitative estimate of drug-likeness (QED) is 0.763. The summed E-state index contributed by atoms with van der Waals surface area (Å²) in [5.41, 5.74) is 2.32. The molecular weight excluding hydrogens is 264 g/mol. The fraction of sp³-hybridized carbons (Fsp3) is 0.0769. The fourth-order valence-corrected chi connectivity index (χ4v) is 1.57. The van der Waals surface area contributed by atoms with Crippen molar-refractivity contribution in [2.24, 2.45) is 4.99 Å². The van der Waals surface area contributed by atoms with Crippen LogP contribution in [-0.2, 0) is 0 Å². The Hall–Kier alpha value is -1.48. The second-order valence-corrected chi connectivity index (χ2v) is 4.42. The van der Waals surface area contributed by atoms with E-state index >= 15 is 0 Å². The molecule has 0 saturated heterocycles. The van der Waals surface area contributed by atoms with Crippen molar-refractivity contribution in [2.45, 2.75) is 6.92 Å². The molecule has 0 bridgehead atoms. The average molecular weight is 275 g/mol. The van der Waals surface area contributed by atoms with Crippen LogP contribution in [0.4, 0.5) is 5.82 Å². The first kappa shape index (κ1) is 11.0. The minimum atomic E-state index is 0.713. The molecule has 2 rings (SSSR count). The summed E-state index contributed by atoms with van der Waals surface area (Å²) in [4.78, 5) is 8.47. The molecule has 1 aromatic heterocycles. The van der Waals surface area contributed by atoms with Crippen molar-refractivity contribution in [3.8, 4) is 0 Å². The van der Waals surface area contributed by atoms with E-state index in [1.54, 1.807) is 6.20 Å². The van der Waals surface area contributed by atoms with Gasteiger partial charge in [-0.15, -0.1) is 0 Å². The summed E-state index contributed by atoms with van der Waals surface area (Å²) in [5, 5.41) is 0. The molecule has 0 fully saturated rings. The lowest BCUT2D eigenvalue weighted by atomic mass is 10.2. The number of aryl methyl sites for hydroxylation is 1. The van der Waals surface area contributed by atoms with Crippen LogP contribution in [0.2, 0.25) is 0 Å². The van der Waals surface area contributed by atoms with Gasteiger partial charge >= 0.3 is 0 Å². The standard InChI is InChI=1S/C13H11BrN2/c1-10-3-2-4-11(7-10)8-15-13-6-5-12(14)9-16-13/h2-9H,1H3. The lowest BCUT2D eigenvalue weighted by molar-refractivity contribution is 1.26. The Bertz CT molecular complexity index is 504. The number of halogens is 1. The van der Waals surface area contributed by atoms with Crippen molar-refractivity contribution >= 4 is 28.0 Å². The summed E-state index contributed by atoms with van der Waals surface area (Å²) in [6, 6.07) is 12.0. The van der Waals surface area contributed by atoms with Crippen molar-refractivity contribution in [3.05, 3.63) is 58.2 Å². The molecule has 0 saturated carbocycles. The van der Waals surface area contributed by atoms with Crippen molar-refractivity contribution in [3.63, 3.8) is 0 Å². The minimum Gasteiger partial charge on any atom is -0.237 e. The zero-order chi connectivity index (χ0) is 11.4. The highest BCUT2D eigenvalue weighted by Gasteiger charge is 1.91. The first-order valence-corrected chi connectivity index (χ1v) is 5.75. The molecule has 16 heavy (non-hydrogen) atoms. The SMILES string of the molecule is Cc1cccc(C=Nc2ccc(Br)cn2)c1. The molecule has 3 heteroatoms. The number of hydrogen-bond acceptors (Lipinski definition) is 2. The predicted octanol–water partition coefficient (Wildman–Crippen LogP) is 3.90. The number of benzene rings is 1. The van der Waals surface area contributed by atoms with Crippen molar-refractivity contribution in [2.75, 3.05) is 0 Å². The van der Waals surface area contributed by atoms with Crippen molar-refractivity contribution in [1.82, 2.24) is 4.98 Å². The van der Waals surface area contributed by atoms with Gasteiger partial charge in [-0.25, -0.2) is 9.98 Å². The summed E-state index contributed by atoms with van der Waals surface area (Å²) < 4.78 is 0.960. The van der Waals surface area contributed by atoms with Gasteiger partial charge in [-0.2, -0.15) is 0 Å². The van der Waals surface area contributed by atoms with E-state index in [1.807, 2.05) is 30.5 Å². The van der Waals surface area contributed by atoms with Crippen LogP contribution in [0.1, 0.15) is 11.1 Å². The van der Waals surface area contributed by atoms with Crippen LogP contribution in [0.15, 0.2) is 52.1 Å². The number of pyridine rings is 1. The molecule has 0 aliphatic carbocycles. The molecule has 0 spiro atoms. The highest BCUT2D eigenvalue weighted by Crippen LogP contribution is 2.13. The van der Waals surface area contributed by atoms with Crippen LogP contribution < -0.4 is 0 Å². The third-order valence-corrected chi connectivity index (χ3v) is 2.57. The summed E-state index contributed by atoms with van der Waals surface area (Å²) in [5.74, 6) is 0.713. The third kappa shape index (κ3) is 3.00. The molecule has 2 nitrogen and oxygen atoms in total. The highest BCUT2D eigenvalue weighted by molar-refractivity contribution is 9.10. The molecule has 2 aromatic rings. The maximum Gasteiger partial charge on any atom is 0.151 e. The van der Waals surface area contributed by atoms with Crippen LogP contribution in [0.5, 0.6) is 0 Å². The van der Waals surface area contributed by atoms with Gasteiger partial charge in [0.2, 0.25) is 0 Å². The lowest BCUT2D eigenvalue weighted by Gasteiger charge is -1.95.